The standard InChI is InChI=1S/C17H29P/c1-3-5-7-11-15-12-9-10-13-16(15)17(18)14-8-6-4-2/h9-10,12-13,17H,3-8,11,14,18H2,1-2H3. The molecule has 0 heterocycles. The van der Waals surface area contributed by atoms with Crippen LogP contribution in [0.4, 0.5) is 0 Å². The van der Waals surface area contributed by atoms with Crippen LogP contribution in [0, 0.1) is 0 Å². The minimum Gasteiger partial charge on any atom is -0.130 e. The second-order valence-corrected chi connectivity index (χ2v) is 6.06. The topological polar surface area (TPSA) is 0 Å². The van der Waals surface area contributed by atoms with Gasteiger partial charge in [-0.15, -0.1) is 9.24 Å². The van der Waals surface area contributed by atoms with E-state index in [2.05, 4.69) is 47.4 Å². The van der Waals surface area contributed by atoms with Gasteiger partial charge >= 0.3 is 0 Å². The second-order valence-electron chi connectivity index (χ2n) is 5.26. The van der Waals surface area contributed by atoms with Crippen molar-refractivity contribution in [3.63, 3.8) is 0 Å². The molecule has 102 valence electrons. The van der Waals surface area contributed by atoms with Crippen molar-refractivity contribution in [2.24, 2.45) is 0 Å². The molecule has 1 heteroatoms. The lowest BCUT2D eigenvalue weighted by atomic mass is 9.96. The average Bonchev–Trinajstić information content (AvgIpc) is 2.40. The van der Waals surface area contributed by atoms with Gasteiger partial charge in [-0.25, -0.2) is 0 Å². The lowest BCUT2D eigenvalue weighted by Crippen LogP contribution is -1.97. The number of benzene rings is 1. The SMILES string of the molecule is CCCCCc1ccccc1C(P)CCCCC. The highest BCUT2D eigenvalue weighted by molar-refractivity contribution is 7.17. The molecular weight excluding hydrogens is 235 g/mol. The molecule has 0 bridgehead atoms. The molecule has 0 saturated carbocycles. The number of hydrogen-bond donors (Lipinski definition) is 0. The lowest BCUT2D eigenvalue weighted by Gasteiger charge is -2.16. The summed E-state index contributed by atoms with van der Waals surface area (Å²) in [4.78, 5) is 0. The summed E-state index contributed by atoms with van der Waals surface area (Å²) in [6, 6.07) is 9.02. The monoisotopic (exact) mass is 264 g/mol. The van der Waals surface area contributed by atoms with Gasteiger partial charge in [0, 0.05) is 0 Å². The van der Waals surface area contributed by atoms with Crippen LogP contribution in [0.2, 0.25) is 0 Å². The lowest BCUT2D eigenvalue weighted by molar-refractivity contribution is 0.652. The highest BCUT2D eigenvalue weighted by atomic mass is 31.0. The van der Waals surface area contributed by atoms with Crippen molar-refractivity contribution in [1.29, 1.82) is 0 Å². The van der Waals surface area contributed by atoms with E-state index in [0.29, 0.717) is 5.66 Å². The third kappa shape index (κ3) is 5.53. The first-order valence-corrected chi connectivity index (χ1v) is 8.29. The molecule has 2 unspecified atom stereocenters. The summed E-state index contributed by atoms with van der Waals surface area (Å²) < 4.78 is 0. The molecule has 1 rings (SSSR count). The first-order valence-electron chi connectivity index (χ1n) is 7.63. The van der Waals surface area contributed by atoms with Gasteiger partial charge in [-0.1, -0.05) is 70.2 Å². The van der Waals surface area contributed by atoms with Crippen molar-refractivity contribution in [2.45, 2.75) is 70.9 Å². The highest BCUT2D eigenvalue weighted by Gasteiger charge is 2.09. The molecule has 2 atom stereocenters. The second kappa shape index (κ2) is 9.56. The van der Waals surface area contributed by atoms with Crippen LogP contribution in [0.5, 0.6) is 0 Å². The molecule has 0 radical (unpaired) electrons. The molecule has 1 aromatic carbocycles. The predicted molar refractivity (Wildman–Crippen MR) is 86.3 cm³/mol. The van der Waals surface area contributed by atoms with Gasteiger partial charge in [-0.2, -0.15) is 0 Å². The van der Waals surface area contributed by atoms with Crippen LogP contribution >= 0.6 is 9.24 Å². The molecule has 0 aliphatic carbocycles. The van der Waals surface area contributed by atoms with Crippen molar-refractivity contribution in [3.8, 4) is 0 Å². The zero-order valence-electron chi connectivity index (χ0n) is 12.1. The van der Waals surface area contributed by atoms with E-state index in [1.165, 1.54) is 51.4 Å². The Labute approximate surface area is 116 Å². The molecule has 0 aliphatic heterocycles. The van der Waals surface area contributed by atoms with Crippen molar-refractivity contribution < 1.29 is 0 Å². The van der Waals surface area contributed by atoms with Gasteiger partial charge in [-0.3, -0.25) is 0 Å². The Hall–Kier alpha value is -0.350. The molecule has 0 amide bonds. The zero-order valence-corrected chi connectivity index (χ0v) is 13.3. The largest absolute Gasteiger partial charge is 0.130 e. The fraction of sp³-hybridized carbons (Fsp3) is 0.647. The normalized spacial score (nSPS) is 12.6. The maximum absolute atomic E-state index is 3.05. The third-order valence-electron chi connectivity index (χ3n) is 3.62. The maximum atomic E-state index is 3.05. The molecule has 0 nitrogen and oxygen atoms in total. The van der Waals surface area contributed by atoms with Gasteiger partial charge in [0.25, 0.3) is 0 Å². The molecule has 1 aromatic rings. The van der Waals surface area contributed by atoms with Gasteiger partial charge in [0.1, 0.15) is 0 Å². The van der Waals surface area contributed by atoms with Crippen LogP contribution in [0.3, 0.4) is 0 Å². The molecule has 0 N–H and O–H groups in total. The minimum absolute atomic E-state index is 0.648. The van der Waals surface area contributed by atoms with Crippen molar-refractivity contribution >= 4 is 9.24 Å². The maximum Gasteiger partial charge on any atom is -0.00119 e. The summed E-state index contributed by atoms with van der Waals surface area (Å²) in [6.45, 7) is 4.55. The van der Waals surface area contributed by atoms with Gasteiger partial charge in [0.05, 0.1) is 0 Å². The highest BCUT2D eigenvalue weighted by Crippen LogP contribution is 2.32. The van der Waals surface area contributed by atoms with Crippen LogP contribution in [0.1, 0.15) is 75.6 Å². The zero-order chi connectivity index (χ0) is 13.2. The van der Waals surface area contributed by atoms with E-state index in [9.17, 15) is 0 Å². The molecule has 0 aliphatic rings. The van der Waals surface area contributed by atoms with Gasteiger partial charge < -0.3 is 0 Å². The third-order valence-corrected chi connectivity index (χ3v) is 4.32. The average molecular weight is 264 g/mol. The van der Waals surface area contributed by atoms with Crippen LogP contribution in [-0.2, 0) is 6.42 Å². The van der Waals surface area contributed by atoms with E-state index < -0.39 is 0 Å². The molecule has 0 fully saturated rings. The van der Waals surface area contributed by atoms with Crippen LogP contribution in [0.25, 0.3) is 0 Å². The Bertz CT molecular complexity index is 319. The minimum atomic E-state index is 0.648. The summed E-state index contributed by atoms with van der Waals surface area (Å²) in [6.07, 6.45) is 10.6. The molecule has 0 spiro atoms. The first kappa shape index (κ1) is 15.7. The fourth-order valence-electron chi connectivity index (χ4n) is 2.46. The van der Waals surface area contributed by atoms with Gasteiger partial charge in [0.15, 0.2) is 0 Å². The van der Waals surface area contributed by atoms with Gasteiger partial charge in [-0.05, 0) is 36.0 Å². The van der Waals surface area contributed by atoms with E-state index in [1.807, 2.05) is 0 Å². The van der Waals surface area contributed by atoms with Crippen molar-refractivity contribution in [3.05, 3.63) is 35.4 Å². The Morgan fingerprint density at radius 3 is 2.33 bits per heavy atom. The van der Waals surface area contributed by atoms with Crippen LogP contribution < -0.4 is 0 Å². The number of rotatable bonds is 9. The summed E-state index contributed by atoms with van der Waals surface area (Å²) in [5, 5.41) is 0. The molecular formula is C17H29P. The number of unbranched alkanes of at least 4 members (excludes halogenated alkanes) is 4. The van der Waals surface area contributed by atoms with Crippen LogP contribution in [0.15, 0.2) is 24.3 Å². The predicted octanol–water partition coefficient (Wildman–Crippen LogP) is 5.92. The van der Waals surface area contributed by atoms with Gasteiger partial charge in [0.2, 0.25) is 0 Å². The Kier molecular flexibility index (Phi) is 8.34. The molecule has 0 aromatic heterocycles. The Morgan fingerprint density at radius 1 is 0.944 bits per heavy atom. The van der Waals surface area contributed by atoms with E-state index >= 15 is 0 Å². The Morgan fingerprint density at radius 2 is 1.61 bits per heavy atom. The van der Waals surface area contributed by atoms with E-state index in [4.69, 9.17) is 0 Å². The summed E-state index contributed by atoms with van der Waals surface area (Å²) in [7, 11) is 3.05. The van der Waals surface area contributed by atoms with E-state index in [0.717, 1.165) is 0 Å². The summed E-state index contributed by atoms with van der Waals surface area (Å²) in [5.74, 6) is 0. The summed E-state index contributed by atoms with van der Waals surface area (Å²) in [5.41, 5.74) is 3.78. The smallest absolute Gasteiger partial charge is 0.00119 e. The molecule has 18 heavy (non-hydrogen) atoms. The van der Waals surface area contributed by atoms with Crippen LogP contribution in [-0.4, -0.2) is 0 Å². The molecule has 0 saturated heterocycles. The fourth-order valence-corrected chi connectivity index (χ4v) is 3.02. The van der Waals surface area contributed by atoms with E-state index in [-0.39, 0.29) is 0 Å². The van der Waals surface area contributed by atoms with E-state index in [1.54, 1.807) is 11.1 Å². The quantitative estimate of drug-likeness (QED) is 0.384. The van der Waals surface area contributed by atoms with Crippen molar-refractivity contribution in [1.82, 2.24) is 0 Å². The Balaban J connectivity index is 2.56. The van der Waals surface area contributed by atoms with Crippen molar-refractivity contribution in [2.75, 3.05) is 0 Å². The number of hydrogen-bond acceptors (Lipinski definition) is 0. The number of aryl methyl sites for hydroxylation is 1. The first-order chi connectivity index (χ1) is 8.79. The summed E-state index contributed by atoms with van der Waals surface area (Å²) >= 11 is 0.